The molecule has 0 unspecified atom stereocenters. The van der Waals surface area contributed by atoms with Gasteiger partial charge in [-0.05, 0) is 31.9 Å². The Morgan fingerprint density at radius 1 is 1.46 bits per heavy atom. The first-order valence-electron chi connectivity index (χ1n) is 8.39. The third-order valence-electron chi connectivity index (χ3n) is 4.25. The molecule has 2 rings (SSSR count). The van der Waals surface area contributed by atoms with E-state index in [-0.39, 0.29) is 42.4 Å². The van der Waals surface area contributed by atoms with Crippen LogP contribution in [-0.2, 0) is 16.1 Å². The highest BCUT2D eigenvalue weighted by atomic mass is 127. The number of aliphatic imine (C=N–C) groups is 1. The van der Waals surface area contributed by atoms with Crippen molar-refractivity contribution in [1.29, 1.82) is 5.26 Å². The topological polar surface area (TPSA) is 77.7 Å². The van der Waals surface area contributed by atoms with Gasteiger partial charge < -0.3 is 15.0 Å². The summed E-state index contributed by atoms with van der Waals surface area (Å²) < 4.78 is 19.0. The van der Waals surface area contributed by atoms with Crippen molar-refractivity contribution in [3.63, 3.8) is 0 Å². The van der Waals surface area contributed by atoms with Gasteiger partial charge in [0.2, 0.25) is 0 Å². The molecule has 1 aliphatic heterocycles. The number of benzene rings is 1. The fourth-order valence-corrected chi connectivity index (χ4v) is 2.85. The van der Waals surface area contributed by atoms with Gasteiger partial charge >= 0.3 is 5.97 Å². The van der Waals surface area contributed by atoms with Gasteiger partial charge in [0.15, 0.2) is 5.96 Å². The van der Waals surface area contributed by atoms with Crippen LogP contribution in [0.15, 0.2) is 23.2 Å². The first-order valence-corrected chi connectivity index (χ1v) is 8.39. The van der Waals surface area contributed by atoms with Gasteiger partial charge in [-0.1, -0.05) is 6.07 Å². The molecule has 1 aromatic rings. The lowest BCUT2D eigenvalue weighted by atomic mass is 9.97. The number of esters is 1. The Bertz CT molecular complexity index is 682. The second-order valence-electron chi connectivity index (χ2n) is 5.83. The van der Waals surface area contributed by atoms with Crippen molar-refractivity contribution in [1.82, 2.24) is 10.2 Å². The molecular weight excluding hydrogens is 450 g/mol. The minimum Gasteiger partial charge on any atom is -0.466 e. The average molecular weight is 474 g/mol. The maximum absolute atomic E-state index is 14.0. The van der Waals surface area contributed by atoms with E-state index in [1.807, 2.05) is 6.07 Å². The van der Waals surface area contributed by atoms with Crippen LogP contribution < -0.4 is 5.32 Å². The summed E-state index contributed by atoms with van der Waals surface area (Å²) in [7, 11) is 1.68. The Labute approximate surface area is 170 Å². The van der Waals surface area contributed by atoms with E-state index >= 15 is 0 Å². The molecule has 1 aromatic carbocycles. The smallest absolute Gasteiger partial charge is 0.309 e. The maximum atomic E-state index is 14.0. The molecule has 1 heterocycles. The van der Waals surface area contributed by atoms with Gasteiger partial charge in [0.05, 0.1) is 24.2 Å². The largest absolute Gasteiger partial charge is 0.466 e. The minimum absolute atomic E-state index is 0. The summed E-state index contributed by atoms with van der Waals surface area (Å²) >= 11 is 0. The van der Waals surface area contributed by atoms with Crippen molar-refractivity contribution < 1.29 is 13.9 Å². The lowest BCUT2D eigenvalue weighted by Crippen LogP contribution is -2.46. The summed E-state index contributed by atoms with van der Waals surface area (Å²) in [6.07, 6.45) is 1.43. The number of ether oxygens (including phenoxy) is 1. The predicted molar refractivity (Wildman–Crippen MR) is 108 cm³/mol. The van der Waals surface area contributed by atoms with Crippen molar-refractivity contribution in [3.8, 4) is 6.07 Å². The average Bonchev–Trinajstić information content (AvgIpc) is 2.64. The number of carbonyl (C=O) groups is 1. The van der Waals surface area contributed by atoms with Crippen LogP contribution in [0, 0.1) is 23.1 Å². The Morgan fingerprint density at radius 3 is 2.69 bits per heavy atom. The van der Waals surface area contributed by atoms with Crippen LogP contribution in [0.5, 0.6) is 0 Å². The molecule has 1 aliphatic rings. The van der Waals surface area contributed by atoms with Crippen molar-refractivity contribution in [2.45, 2.75) is 26.3 Å². The van der Waals surface area contributed by atoms with Gasteiger partial charge in [-0.15, -0.1) is 24.0 Å². The number of likely N-dealkylation sites (tertiary alicyclic amines) is 1. The number of hydrogen-bond donors (Lipinski definition) is 1. The lowest BCUT2D eigenvalue weighted by Gasteiger charge is -2.33. The van der Waals surface area contributed by atoms with E-state index in [9.17, 15) is 9.18 Å². The van der Waals surface area contributed by atoms with Crippen molar-refractivity contribution in [2.75, 3.05) is 26.7 Å². The summed E-state index contributed by atoms with van der Waals surface area (Å²) in [5.41, 5.74) is 0.772. The normalized spacial score (nSPS) is 15.0. The summed E-state index contributed by atoms with van der Waals surface area (Å²) in [4.78, 5) is 18.1. The van der Waals surface area contributed by atoms with E-state index in [4.69, 9.17) is 10.00 Å². The quantitative estimate of drug-likeness (QED) is 0.314. The minimum atomic E-state index is -0.414. The van der Waals surface area contributed by atoms with Crippen LogP contribution in [-0.4, -0.2) is 43.6 Å². The van der Waals surface area contributed by atoms with Crippen molar-refractivity contribution in [2.24, 2.45) is 10.9 Å². The van der Waals surface area contributed by atoms with E-state index in [0.29, 0.717) is 49.6 Å². The van der Waals surface area contributed by atoms with Crippen LogP contribution >= 0.6 is 24.0 Å². The Hall–Kier alpha value is -1.89. The zero-order valence-corrected chi connectivity index (χ0v) is 17.3. The second kappa shape index (κ2) is 11.0. The molecule has 142 valence electrons. The number of rotatable bonds is 4. The number of piperidine rings is 1. The number of guanidine groups is 1. The van der Waals surface area contributed by atoms with Gasteiger partial charge in [0.1, 0.15) is 5.82 Å². The van der Waals surface area contributed by atoms with Crippen molar-refractivity contribution in [3.05, 3.63) is 35.1 Å². The molecule has 26 heavy (non-hydrogen) atoms. The number of carbonyl (C=O) groups excluding carboxylic acids is 1. The molecule has 8 heteroatoms. The Kier molecular flexibility index (Phi) is 9.34. The Balaban J connectivity index is 0.00000338. The van der Waals surface area contributed by atoms with Gasteiger partial charge in [-0.2, -0.15) is 5.26 Å². The molecule has 6 nitrogen and oxygen atoms in total. The monoisotopic (exact) mass is 474 g/mol. The van der Waals surface area contributed by atoms with Gasteiger partial charge in [0, 0.05) is 32.2 Å². The zero-order chi connectivity index (χ0) is 18.2. The van der Waals surface area contributed by atoms with E-state index in [2.05, 4.69) is 15.2 Å². The molecule has 1 saturated heterocycles. The first kappa shape index (κ1) is 22.2. The summed E-state index contributed by atoms with van der Waals surface area (Å²) in [6, 6.07) is 6.33. The lowest BCUT2D eigenvalue weighted by molar-refractivity contribution is -0.149. The molecule has 1 fully saturated rings. The zero-order valence-electron chi connectivity index (χ0n) is 15.0. The van der Waals surface area contributed by atoms with E-state index in [0.717, 1.165) is 0 Å². The summed E-state index contributed by atoms with van der Waals surface area (Å²) in [6.45, 7) is 3.87. The molecular formula is C18H24FIN4O2. The number of halogens is 2. The maximum Gasteiger partial charge on any atom is 0.309 e. The molecule has 1 N–H and O–H groups in total. The van der Waals surface area contributed by atoms with Crippen LogP contribution in [0.3, 0.4) is 0 Å². The van der Waals surface area contributed by atoms with Gasteiger partial charge in [-0.3, -0.25) is 9.79 Å². The molecule has 0 aliphatic carbocycles. The SMILES string of the molecule is CCOC(=O)C1CCN(C(=NC)NCc2ccc(C#N)cc2F)CC1.I. The van der Waals surface area contributed by atoms with E-state index in [1.165, 1.54) is 6.07 Å². The first-order chi connectivity index (χ1) is 12.1. The third-order valence-corrected chi connectivity index (χ3v) is 4.25. The summed E-state index contributed by atoms with van der Waals surface area (Å²) in [5.74, 6) is 0.0594. The molecule has 0 radical (unpaired) electrons. The highest BCUT2D eigenvalue weighted by Gasteiger charge is 2.27. The number of nitriles is 1. The second-order valence-corrected chi connectivity index (χ2v) is 5.83. The van der Waals surface area contributed by atoms with Crippen LogP contribution in [0.1, 0.15) is 30.9 Å². The molecule has 0 spiro atoms. The summed E-state index contributed by atoms with van der Waals surface area (Å²) in [5, 5.41) is 11.9. The predicted octanol–water partition coefficient (Wildman–Crippen LogP) is 2.67. The fraction of sp³-hybridized carbons (Fsp3) is 0.500. The molecule has 0 bridgehead atoms. The Morgan fingerprint density at radius 2 is 2.15 bits per heavy atom. The van der Waals surface area contributed by atoms with Crippen LogP contribution in [0.2, 0.25) is 0 Å². The molecule has 0 aromatic heterocycles. The van der Waals surface area contributed by atoms with Crippen molar-refractivity contribution >= 4 is 35.9 Å². The highest BCUT2D eigenvalue weighted by molar-refractivity contribution is 14.0. The molecule has 0 saturated carbocycles. The number of hydrogen-bond acceptors (Lipinski definition) is 4. The van der Waals surface area contributed by atoms with Gasteiger partial charge in [0.25, 0.3) is 0 Å². The third kappa shape index (κ3) is 5.83. The molecule has 0 amide bonds. The highest BCUT2D eigenvalue weighted by Crippen LogP contribution is 2.19. The standard InChI is InChI=1S/C18H23FN4O2.HI/c1-3-25-17(24)14-6-8-23(9-7-14)18(21-2)22-12-15-5-4-13(11-20)10-16(15)19;/h4-5,10,14H,3,6-9,12H2,1-2H3,(H,21,22);1H. The van der Waals surface area contributed by atoms with E-state index < -0.39 is 5.82 Å². The number of nitrogens with zero attached hydrogens (tertiary/aromatic N) is 3. The fourth-order valence-electron chi connectivity index (χ4n) is 2.85. The van der Waals surface area contributed by atoms with Crippen LogP contribution in [0.4, 0.5) is 4.39 Å². The number of nitrogens with one attached hydrogen (secondary N) is 1. The van der Waals surface area contributed by atoms with Crippen LogP contribution in [0.25, 0.3) is 0 Å². The van der Waals surface area contributed by atoms with E-state index in [1.54, 1.807) is 26.1 Å². The van der Waals surface area contributed by atoms with Gasteiger partial charge in [-0.25, -0.2) is 4.39 Å². The molecule has 0 atom stereocenters.